The second kappa shape index (κ2) is 11.6. The Hall–Kier alpha value is -4.31. The van der Waals surface area contributed by atoms with Crippen LogP contribution in [-0.2, 0) is 17.9 Å². The van der Waals surface area contributed by atoms with Gasteiger partial charge in [-0.1, -0.05) is 23.7 Å². The lowest BCUT2D eigenvalue weighted by molar-refractivity contribution is -0.116. The third-order valence-corrected chi connectivity index (χ3v) is 5.84. The maximum absolute atomic E-state index is 12.9. The van der Waals surface area contributed by atoms with Crippen molar-refractivity contribution < 1.29 is 19.0 Å². The Morgan fingerprint density at radius 3 is 2.54 bits per heavy atom. The number of carbonyl (C=O) groups is 1. The van der Waals surface area contributed by atoms with Crippen molar-refractivity contribution in [1.29, 1.82) is 0 Å². The molecule has 1 amide bonds. The maximum Gasteiger partial charge on any atom is 0.264 e. The number of hydrogen-bond acceptors (Lipinski definition) is 7. The molecular weight excluding hydrogens is 498 g/mol. The molecule has 4 aromatic rings. The minimum Gasteiger partial charge on any atom is -0.493 e. The fourth-order valence-electron chi connectivity index (χ4n) is 3.82. The zero-order valence-corrected chi connectivity index (χ0v) is 21.4. The normalized spacial score (nSPS) is 11.1. The molecule has 0 aliphatic rings. The summed E-state index contributed by atoms with van der Waals surface area (Å²) in [6.07, 6.45) is 6.04. The first-order valence-electron chi connectivity index (χ1n) is 11.3. The van der Waals surface area contributed by atoms with Gasteiger partial charge >= 0.3 is 0 Å². The van der Waals surface area contributed by atoms with Crippen LogP contribution < -0.4 is 25.1 Å². The molecular formula is C26H26ClN5O5. The Bertz CT molecular complexity index is 1490. The van der Waals surface area contributed by atoms with Gasteiger partial charge in [-0.2, -0.15) is 5.10 Å². The standard InChI is InChI=1S/C26H26ClN5O5/c1-35-21-12-17(13-22(36-2)24(21)37-3)7-8-23(33)28-9-10-32-25-20(14-30-32)26(34)31(16-29-25)15-18-5-4-6-19(27)11-18/h4-8,11-14,16H,9-10,15H2,1-3H3,(H,28,33)/b8-7-. The number of methoxy groups -OCH3 is 3. The summed E-state index contributed by atoms with van der Waals surface area (Å²) in [5.74, 6) is 1.17. The van der Waals surface area contributed by atoms with Crippen LogP contribution in [0, 0.1) is 0 Å². The quantitative estimate of drug-likeness (QED) is 0.318. The molecule has 0 aliphatic heterocycles. The summed E-state index contributed by atoms with van der Waals surface area (Å²) < 4.78 is 19.1. The molecule has 2 aromatic carbocycles. The van der Waals surface area contributed by atoms with Crippen LogP contribution in [0.25, 0.3) is 17.1 Å². The van der Waals surface area contributed by atoms with Crippen LogP contribution in [-0.4, -0.2) is 53.1 Å². The third kappa shape index (κ3) is 5.92. The van der Waals surface area contributed by atoms with Crippen LogP contribution in [0.4, 0.5) is 0 Å². The Balaban J connectivity index is 1.39. The summed E-state index contributed by atoms with van der Waals surface area (Å²) in [4.78, 5) is 29.7. The molecule has 0 bridgehead atoms. The zero-order valence-electron chi connectivity index (χ0n) is 20.6. The predicted octanol–water partition coefficient (Wildman–Crippen LogP) is 3.15. The molecule has 11 heteroatoms. The van der Waals surface area contributed by atoms with Gasteiger partial charge in [-0.25, -0.2) is 9.67 Å². The molecule has 0 unspecified atom stereocenters. The van der Waals surface area contributed by atoms with Gasteiger partial charge in [0.25, 0.3) is 5.56 Å². The van der Waals surface area contributed by atoms with Crippen LogP contribution in [0.1, 0.15) is 11.1 Å². The molecule has 4 rings (SSSR count). The Morgan fingerprint density at radius 2 is 1.86 bits per heavy atom. The van der Waals surface area contributed by atoms with Crippen molar-refractivity contribution in [1.82, 2.24) is 24.6 Å². The van der Waals surface area contributed by atoms with E-state index >= 15 is 0 Å². The fraction of sp³-hybridized carbons (Fsp3) is 0.231. The topological polar surface area (TPSA) is 110 Å². The largest absolute Gasteiger partial charge is 0.493 e. The lowest BCUT2D eigenvalue weighted by Gasteiger charge is -2.12. The SMILES string of the molecule is COc1cc(/C=C\C(=O)NCCn2ncc3c(=O)n(Cc4cccc(Cl)c4)cnc32)cc(OC)c1OC. The van der Waals surface area contributed by atoms with E-state index < -0.39 is 0 Å². The number of nitrogens with zero attached hydrogens (tertiary/aromatic N) is 4. The van der Waals surface area contributed by atoms with E-state index in [9.17, 15) is 9.59 Å². The van der Waals surface area contributed by atoms with Crippen LogP contribution >= 0.6 is 11.6 Å². The number of benzene rings is 2. The van der Waals surface area contributed by atoms with Gasteiger partial charge in [-0.3, -0.25) is 14.2 Å². The summed E-state index contributed by atoms with van der Waals surface area (Å²) in [6, 6.07) is 10.8. The van der Waals surface area contributed by atoms with E-state index in [-0.39, 0.29) is 11.5 Å². The van der Waals surface area contributed by atoms with Crippen molar-refractivity contribution >= 4 is 34.6 Å². The van der Waals surface area contributed by atoms with Gasteiger partial charge in [0.2, 0.25) is 11.7 Å². The Morgan fingerprint density at radius 1 is 1.11 bits per heavy atom. The summed E-state index contributed by atoms with van der Waals surface area (Å²) >= 11 is 6.04. The number of nitrogens with one attached hydrogen (secondary N) is 1. The van der Waals surface area contributed by atoms with Gasteiger partial charge in [-0.15, -0.1) is 0 Å². The number of hydrogen-bond donors (Lipinski definition) is 1. The zero-order chi connectivity index (χ0) is 26.4. The predicted molar refractivity (Wildman–Crippen MR) is 140 cm³/mol. The lowest BCUT2D eigenvalue weighted by Crippen LogP contribution is -2.26. The molecule has 0 atom stereocenters. The Kier molecular flexibility index (Phi) is 8.09. The number of aromatic nitrogens is 4. The van der Waals surface area contributed by atoms with E-state index in [0.717, 1.165) is 5.56 Å². The fourth-order valence-corrected chi connectivity index (χ4v) is 4.03. The van der Waals surface area contributed by atoms with Crippen molar-refractivity contribution in [3.05, 3.63) is 81.5 Å². The highest BCUT2D eigenvalue weighted by atomic mass is 35.5. The number of ether oxygens (including phenoxy) is 3. The minimum atomic E-state index is -0.290. The first-order valence-corrected chi connectivity index (χ1v) is 11.7. The van der Waals surface area contributed by atoms with Crippen LogP contribution in [0.3, 0.4) is 0 Å². The van der Waals surface area contributed by atoms with Crippen molar-refractivity contribution in [3.63, 3.8) is 0 Å². The molecule has 10 nitrogen and oxygen atoms in total. The second-order valence-electron chi connectivity index (χ2n) is 8.00. The van der Waals surface area contributed by atoms with Crippen LogP contribution in [0.15, 0.2) is 59.8 Å². The van der Waals surface area contributed by atoms with Gasteiger partial charge in [0.1, 0.15) is 11.7 Å². The van der Waals surface area contributed by atoms with Crippen molar-refractivity contribution in [2.75, 3.05) is 27.9 Å². The van der Waals surface area contributed by atoms with Crippen LogP contribution in [0.2, 0.25) is 5.02 Å². The molecule has 0 spiro atoms. The molecule has 0 aliphatic carbocycles. The highest BCUT2D eigenvalue weighted by Gasteiger charge is 2.13. The first kappa shape index (κ1) is 25.8. The third-order valence-electron chi connectivity index (χ3n) is 5.60. The second-order valence-corrected chi connectivity index (χ2v) is 8.43. The van der Waals surface area contributed by atoms with E-state index in [1.807, 2.05) is 12.1 Å². The first-order chi connectivity index (χ1) is 17.9. The molecule has 0 saturated carbocycles. The van der Waals surface area contributed by atoms with Crippen LogP contribution in [0.5, 0.6) is 17.2 Å². The average Bonchev–Trinajstić information content (AvgIpc) is 3.32. The summed E-state index contributed by atoms with van der Waals surface area (Å²) in [5.41, 5.74) is 1.86. The molecule has 0 fully saturated rings. The monoisotopic (exact) mass is 523 g/mol. The van der Waals surface area contributed by atoms with Crippen molar-refractivity contribution in [3.8, 4) is 17.2 Å². The smallest absolute Gasteiger partial charge is 0.264 e. The van der Waals surface area contributed by atoms with Gasteiger partial charge in [0.05, 0.1) is 40.6 Å². The highest BCUT2D eigenvalue weighted by Crippen LogP contribution is 2.38. The van der Waals surface area contributed by atoms with E-state index in [4.69, 9.17) is 25.8 Å². The molecule has 1 N–H and O–H groups in total. The van der Waals surface area contributed by atoms with Crippen molar-refractivity contribution in [2.45, 2.75) is 13.1 Å². The van der Waals surface area contributed by atoms with Gasteiger partial charge in [0.15, 0.2) is 17.1 Å². The number of carbonyl (C=O) groups excluding carboxylic acids is 1. The molecule has 0 saturated heterocycles. The van der Waals surface area contributed by atoms with Crippen molar-refractivity contribution in [2.24, 2.45) is 0 Å². The van der Waals surface area contributed by atoms with Gasteiger partial charge < -0.3 is 19.5 Å². The number of amides is 1. The Labute approximate surface area is 218 Å². The van der Waals surface area contributed by atoms with Gasteiger partial charge in [-0.05, 0) is 41.5 Å². The molecule has 37 heavy (non-hydrogen) atoms. The lowest BCUT2D eigenvalue weighted by atomic mass is 10.1. The van der Waals surface area contributed by atoms with E-state index in [0.29, 0.717) is 58.5 Å². The molecule has 2 aromatic heterocycles. The van der Waals surface area contributed by atoms with E-state index in [1.54, 1.807) is 35.0 Å². The van der Waals surface area contributed by atoms with E-state index in [2.05, 4.69) is 15.4 Å². The molecule has 0 radical (unpaired) electrons. The van der Waals surface area contributed by atoms with Gasteiger partial charge in [0, 0.05) is 17.6 Å². The number of rotatable bonds is 10. The number of fused-ring (bicyclic) bond motifs is 1. The average molecular weight is 524 g/mol. The molecule has 2 heterocycles. The summed E-state index contributed by atoms with van der Waals surface area (Å²) in [7, 11) is 4.58. The summed E-state index contributed by atoms with van der Waals surface area (Å²) in [5, 5.41) is 8.08. The summed E-state index contributed by atoms with van der Waals surface area (Å²) in [6.45, 7) is 0.988. The maximum atomic E-state index is 12.9. The minimum absolute atomic E-state index is 0.200. The molecule has 192 valence electrons. The number of halogens is 1. The van der Waals surface area contributed by atoms with E-state index in [1.165, 1.54) is 44.5 Å². The highest BCUT2D eigenvalue weighted by molar-refractivity contribution is 6.30.